The first-order chi connectivity index (χ1) is 8.18. The van der Waals surface area contributed by atoms with E-state index in [1.54, 1.807) is 19.2 Å². The van der Waals surface area contributed by atoms with Gasteiger partial charge in [0, 0.05) is 0 Å². The first kappa shape index (κ1) is 11.8. The van der Waals surface area contributed by atoms with Crippen LogP contribution in [0, 0.1) is 0 Å². The van der Waals surface area contributed by atoms with E-state index in [-0.39, 0.29) is 5.91 Å². The lowest BCUT2D eigenvalue weighted by Gasteiger charge is -2.27. The Morgan fingerprint density at radius 1 is 1.24 bits per heavy atom. The van der Waals surface area contributed by atoms with Crippen LogP contribution in [0.3, 0.4) is 0 Å². The van der Waals surface area contributed by atoms with E-state index in [2.05, 4.69) is 0 Å². The van der Waals surface area contributed by atoms with E-state index < -0.39 is 5.60 Å². The van der Waals surface area contributed by atoms with Crippen LogP contribution in [-0.2, 0) is 4.79 Å². The van der Waals surface area contributed by atoms with Crippen LogP contribution in [0.5, 0.6) is 11.5 Å². The Bertz CT molecular complexity index is 411. The molecule has 1 amide bonds. The Labute approximate surface area is 101 Å². The van der Waals surface area contributed by atoms with Crippen molar-refractivity contribution in [3.63, 3.8) is 0 Å². The minimum atomic E-state index is -0.853. The molecule has 4 heteroatoms. The molecule has 2 N–H and O–H groups in total. The minimum Gasteiger partial charge on any atom is -0.493 e. The van der Waals surface area contributed by atoms with Gasteiger partial charge in [0.15, 0.2) is 17.1 Å². The summed E-state index contributed by atoms with van der Waals surface area (Å²) < 4.78 is 11.1. The molecule has 17 heavy (non-hydrogen) atoms. The van der Waals surface area contributed by atoms with Gasteiger partial charge in [0.05, 0.1) is 7.11 Å². The predicted molar refractivity (Wildman–Crippen MR) is 64.0 cm³/mol. The molecule has 0 spiro atoms. The van der Waals surface area contributed by atoms with E-state index in [0.29, 0.717) is 24.3 Å². The fraction of sp³-hybridized carbons (Fsp3) is 0.462. The number of para-hydroxylation sites is 2. The summed E-state index contributed by atoms with van der Waals surface area (Å²) in [5, 5.41) is 0. The van der Waals surface area contributed by atoms with Crippen molar-refractivity contribution in [3.05, 3.63) is 24.3 Å². The molecule has 1 aliphatic carbocycles. The number of amides is 1. The van der Waals surface area contributed by atoms with E-state index in [4.69, 9.17) is 15.2 Å². The summed E-state index contributed by atoms with van der Waals surface area (Å²) in [7, 11) is 1.58. The van der Waals surface area contributed by atoms with Gasteiger partial charge in [-0.1, -0.05) is 12.1 Å². The highest BCUT2D eigenvalue weighted by molar-refractivity contribution is 5.84. The van der Waals surface area contributed by atoms with Crippen LogP contribution < -0.4 is 15.2 Å². The maximum atomic E-state index is 11.6. The zero-order chi connectivity index (χ0) is 12.3. The predicted octanol–water partition coefficient (Wildman–Crippen LogP) is 1.87. The van der Waals surface area contributed by atoms with Crippen molar-refractivity contribution in [2.24, 2.45) is 5.73 Å². The lowest BCUT2D eigenvalue weighted by Crippen LogP contribution is -2.46. The monoisotopic (exact) mass is 235 g/mol. The van der Waals surface area contributed by atoms with E-state index in [1.807, 2.05) is 12.1 Å². The summed E-state index contributed by atoms with van der Waals surface area (Å²) in [6.45, 7) is 0. The standard InChI is InChI=1S/C13H17NO3/c1-16-10-6-2-3-7-11(10)17-13(12(14)15)8-4-5-9-13/h2-3,6-7H,4-5,8-9H2,1H3,(H2,14,15). The number of nitrogens with two attached hydrogens (primary N) is 1. The van der Waals surface area contributed by atoms with Gasteiger partial charge in [-0.05, 0) is 37.8 Å². The first-order valence-electron chi connectivity index (χ1n) is 5.80. The minimum absolute atomic E-state index is 0.388. The Morgan fingerprint density at radius 2 is 1.82 bits per heavy atom. The fourth-order valence-electron chi connectivity index (χ4n) is 2.26. The van der Waals surface area contributed by atoms with Crippen molar-refractivity contribution in [1.29, 1.82) is 0 Å². The lowest BCUT2D eigenvalue weighted by atomic mass is 10.0. The Balaban J connectivity index is 2.26. The maximum Gasteiger partial charge on any atom is 0.261 e. The number of rotatable bonds is 4. The molecular weight excluding hydrogens is 218 g/mol. The lowest BCUT2D eigenvalue weighted by molar-refractivity contribution is -0.133. The smallest absolute Gasteiger partial charge is 0.261 e. The highest BCUT2D eigenvalue weighted by Gasteiger charge is 2.42. The van der Waals surface area contributed by atoms with Gasteiger partial charge in [0.25, 0.3) is 5.91 Å². The molecule has 0 aliphatic heterocycles. The molecule has 0 heterocycles. The largest absolute Gasteiger partial charge is 0.493 e. The molecule has 1 saturated carbocycles. The molecule has 0 bridgehead atoms. The average Bonchev–Trinajstić information content (AvgIpc) is 2.80. The molecule has 0 atom stereocenters. The second kappa shape index (κ2) is 4.65. The van der Waals surface area contributed by atoms with Crippen molar-refractivity contribution in [2.75, 3.05) is 7.11 Å². The fourth-order valence-corrected chi connectivity index (χ4v) is 2.26. The van der Waals surface area contributed by atoms with E-state index in [9.17, 15) is 4.79 Å². The van der Waals surface area contributed by atoms with Crippen LogP contribution in [0.4, 0.5) is 0 Å². The molecule has 0 unspecified atom stereocenters. The third-order valence-electron chi connectivity index (χ3n) is 3.23. The summed E-state index contributed by atoms with van der Waals surface area (Å²) in [5.74, 6) is 0.816. The number of methoxy groups -OCH3 is 1. The van der Waals surface area contributed by atoms with Gasteiger partial charge in [0.2, 0.25) is 0 Å². The quantitative estimate of drug-likeness (QED) is 0.866. The second-order valence-electron chi connectivity index (χ2n) is 4.32. The molecule has 0 radical (unpaired) electrons. The van der Waals surface area contributed by atoms with Gasteiger partial charge >= 0.3 is 0 Å². The normalized spacial score (nSPS) is 17.7. The molecule has 1 aromatic carbocycles. The number of benzene rings is 1. The number of carbonyl (C=O) groups excluding carboxylic acids is 1. The van der Waals surface area contributed by atoms with Gasteiger partial charge in [-0.15, -0.1) is 0 Å². The number of carbonyl (C=O) groups is 1. The molecule has 2 rings (SSSR count). The van der Waals surface area contributed by atoms with Gasteiger partial charge in [-0.25, -0.2) is 0 Å². The van der Waals surface area contributed by atoms with Crippen molar-refractivity contribution in [1.82, 2.24) is 0 Å². The zero-order valence-electron chi connectivity index (χ0n) is 9.94. The molecular formula is C13H17NO3. The topological polar surface area (TPSA) is 61.6 Å². The van der Waals surface area contributed by atoms with Gasteiger partial charge in [0.1, 0.15) is 0 Å². The molecule has 0 saturated heterocycles. The van der Waals surface area contributed by atoms with Crippen LogP contribution in [-0.4, -0.2) is 18.6 Å². The van der Waals surface area contributed by atoms with Crippen LogP contribution in [0.25, 0.3) is 0 Å². The third-order valence-corrected chi connectivity index (χ3v) is 3.23. The van der Waals surface area contributed by atoms with E-state index in [0.717, 1.165) is 12.8 Å². The number of hydrogen-bond acceptors (Lipinski definition) is 3. The van der Waals surface area contributed by atoms with E-state index >= 15 is 0 Å². The van der Waals surface area contributed by atoms with Crippen LogP contribution >= 0.6 is 0 Å². The maximum absolute atomic E-state index is 11.6. The van der Waals surface area contributed by atoms with Crippen molar-refractivity contribution in [2.45, 2.75) is 31.3 Å². The molecule has 1 aliphatic rings. The highest BCUT2D eigenvalue weighted by atomic mass is 16.5. The van der Waals surface area contributed by atoms with Crippen LogP contribution in [0.15, 0.2) is 24.3 Å². The van der Waals surface area contributed by atoms with Crippen molar-refractivity contribution >= 4 is 5.91 Å². The number of primary amides is 1. The Hall–Kier alpha value is -1.71. The van der Waals surface area contributed by atoms with Crippen molar-refractivity contribution < 1.29 is 14.3 Å². The van der Waals surface area contributed by atoms with Crippen molar-refractivity contribution in [3.8, 4) is 11.5 Å². The molecule has 1 aromatic rings. The summed E-state index contributed by atoms with van der Waals surface area (Å²) in [4.78, 5) is 11.6. The SMILES string of the molecule is COc1ccccc1OC1(C(N)=O)CCCC1. The van der Waals surface area contributed by atoms with Gasteiger partial charge in [-0.3, -0.25) is 4.79 Å². The summed E-state index contributed by atoms with van der Waals surface area (Å²) in [5.41, 5.74) is 4.61. The van der Waals surface area contributed by atoms with Crippen LogP contribution in [0.1, 0.15) is 25.7 Å². The van der Waals surface area contributed by atoms with Gasteiger partial charge < -0.3 is 15.2 Å². The van der Waals surface area contributed by atoms with E-state index in [1.165, 1.54) is 0 Å². The molecule has 0 aromatic heterocycles. The third kappa shape index (κ3) is 2.20. The summed E-state index contributed by atoms with van der Waals surface area (Å²) >= 11 is 0. The summed E-state index contributed by atoms with van der Waals surface area (Å²) in [6, 6.07) is 7.31. The molecule has 92 valence electrons. The number of hydrogen-bond donors (Lipinski definition) is 1. The molecule has 1 fully saturated rings. The zero-order valence-corrected chi connectivity index (χ0v) is 9.94. The second-order valence-corrected chi connectivity index (χ2v) is 4.32. The Kier molecular flexibility index (Phi) is 3.22. The highest BCUT2D eigenvalue weighted by Crippen LogP contribution is 2.37. The first-order valence-corrected chi connectivity index (χ1v) is 5.80. The van der Waals surface area contributed by atoms with Crippen LogP contribution in [0.2, 0.25) is 0 Å². The average molecular weight is 235 g/mol. The number of ether oxygens (including phenoxy) is 2. The summed E-state index contributed by atoms with van der Waals surface area (Å²) in [6.07, 6.45) is 3.30. The Morgan fingerprint density at radius 3 is 2.35 bits per heavy atom. The van der Waals surface area contributed by atoms with Gasteiger partial charge in [-0.2, -0.15) is 0 Å². The molecule has 4 nitrogen and oxygen atoms in total.